The van der Waals surface area contributed by atoms with Gasteiger partial charge in [0.25, 0.3) is 0 Å². The molecule has 0 amide bonds. The van der Waals surface area contributed by atoms with E-state index in [1.165, 1.54) is 0 Å². The van der Waals surface area contributed by atoms with Crippen LogP contribution in [0.1, 0.15) is 5.56 Å². The highest BCUT2D eigenvalue weighted by molar-refractivity contribution is 6.33. The number of benzene rings is 1. The van der Waals surface area contributed by atoms with Crippen LogP contribution in [0.15, 0.2) is 18.2 Å². The fraction of sp³-hybridized carbons (Fsp3) is 0.455. The van der Waals surface area contributed by atoms with Crippen LogP contribution >= 0.6 is 23.2 Å². The molecule has 0 saturated carbocycles. The summed E-state index contributed by atoms with van der Waals surface area (Å²) >= 11 is 12.0. The molecule has 1 saturated heterocycles. The van der Waals surface area contributed by atoms with Crippen LogP contribution in [0.5, 0.6) is 0 Å². The summed E-state index contributed by atoms with van der Waals surface area (Å²) in [5.41, 5.74) is 1.08. The van der Waals surface area contributed by atoms with Crippen molar-refractivity contribution in [1.29, 1.82) is 0 Å². The van der Waals surface area contributed by atoms with Crippen molar-refractivity contribution in [1.82, 2.24) is 5.32 Å². The van der Waals surface area contributed by atoms with Gasteiger partial charge in [-0.15, -0.1) is 0 Å². The maximum atomic E-state index is 6.09. The summed E-state index contributed by atoms with van der Waals surface area (Å²) in [5, 5.41) is 4.89. The van der Waals surface area contributed by atoms with E-state index in [0.717, 1.165) is 41.8 Å². The van der Waals surface area contributed by atoms with Gasteiger partial charge < -0.3 is 10.1 Å². The third-order valence-electron chi connectivity index (χ3n) is 2.47. The van der Waals surface area contributed by atoms with Crippen LogP contribution in [0.4, 0.5) is 0 Å². The van der Waals surface area contributed by atoms with Gasteiger partial charge in [-0.2, -0.15) is 0 Å². The van der Waals surface area contributed by atoms with E-state index in [1.54, 1.807) is 6.07 Å². The monoisotopic (exact) mass is 245 g/mol. The number of hydrogen-bond acceptors (Lipinski definition) is 2. The summed E-state index contributed by atoms with van der Waals surface area (Å²) in [5.74, 6) is 0. The highest BCUT2D eigenvalue weighted by Gasteiger charge is 2.14. The molecule has 2 rings (SSSR count). The number of nitrogens with one attached hydrogen (secondary N) is 1. The van der Waals surface area contributed by atoms with Gasteiger partial charge in [-0.05, 0) is 30.2 Å². The average Bonchev–Trinajstić information content (AvgIpc) is 2.25. The summed E-state index contributed by atoms with van der Waals surface area (Å²) in [7, 11) is 0. The molecule has 1 N–H and O–H groups in total. The number of hydrogen-bond donors (Lipinski definition) is 1. The quantitative estimate of drug-likeness (QED) is 0.865. The van der Waals surface area contributed by atoms with Crippen molar-refractivity contribution in [2.24, 2.45) is 0 Å². The molecule has 1 aliphatic rings. The molecule has 82 valence electrons. The highest BCUT2D eigenvalue weighted by Crippen LogP contribution is 2.22. The molecule has 0 bridgehead atoms. The van der Waals surface area contributed by atoms with Gasteiger partial charge in [-0.3, -0.25) is 0 Å². The number of morpholine rings is 1. The molecule has 0 unspecified atom stereocenters. The molecule has 0 radical (unpaired) electrons. The van der Waals surface area contributed by atoms with Crippen LogP contribution in [-0.4, -0.2) is 25.8 Å². The van der Waals surface area contributed by atoms with Crippen LogP contribution in [0.3, 0.4) is 0 Å². The Balaban J connectivity index is 2.05. The van der Waals surface area contributed by atoms with Crippen LogP contribution < -0.4 is 5.32 Å². The molecule has 4 heteroatoms. The van der Waals surface area contributed by atoms with Gasteiger partial charge in [0.1, 0.15) is 0 Å². The molecule has 1 aliphatic heterocycles. The van der Waals surface area contributed by atoms with E-state index < -0.39 is 0 Å². The van der Waals surface area contributed by atoms with E-state index in [4.69, 9.17) is 27.9 Å². The molecule has 1 fully saturated rings. The highest BCUT2D eigenvalue weighted by atomic mass is 35.5. The first-order valence-electron chi connectivity index (χ1n) is 5.01. The smallest absolute Gasteiger partial charge is 0.0623 e. The number of halogens is 2. The molecule has 1 aromatic carbocycles. The fourth-order valence-electron chi connectivity index (χ4n) is 1.72. The van der Waals surface area contributed by atoms with Crippen molar-refractivity contribution in [2.45, 2.75) is 12.5 Å². The molecule has 1 aromatic rings. The van der Waals surface area contributed by atoms with Crippen molar-refractivity contribution in [3.8, 4) is 0 Å². The molecule has 0 aromatic heterocycles. The minimum atomic E-state index is 0.342. The third kappa shape index (κ3) is 3.08. The van der Waals surface area contributed by atoms with Gasteiger partial charge >= 0.3 is 0 Å². The summed E-state index contributed by atoms with van der Waals surface area (Å²) in [6, 6.07) is 5.90. The molecule has 1 heterocycles. The second kappa shape index (κ2) is 5.17. The zero-order valence-corrected chi connectivity index (χ0v) is 9.81. The van der Waals surface area contributed by atoms with Crippen LogP contribution in [-0.2, 0) is 11.2 Å². The Bertz CT molecular complexity index is 337. The number of rotatable bonds is 2. The first-order chi connectivity index (χ1) is 7.25. The predicted molar refractivity (Wildman–Crippen MR) is 62.8 cm³/mol. The maximum absolute atomic E-state index is 6.09. The van der Waals surface area contributed by atoms with Gasteiger partial charge in [0.05, 0.1) is 13.2 Å². The third-order valence-corrected chi connectivity index (χ3v) is 3.08. The van der Waals surface area contributed by atoms with E-state index in [-0.39, 0.29) is 0 Å². The normalized spacial score (nSPS) is 21.6. The average molecular weight is 246 g/mol. The Labute approximate surface area is 99.5 Å². The largest absolute Gasteiger partial charge is 0.379 e. The summed E-state index contributed by atoms with van der Waals surface area (Å²) < 4.78 is 5.39. The molecular weight excluding hydrogens is 233 g/mol. The summed E-state index contributed by atoms with van der Waals surface area (Å²) in [6.07, 6.45) is 0.861. The Morgan fingerprint density at radius 3 is 3.00 bits per heavy atom. The Hall–Kier alpha value is -0.280. The topological polar surface area (TPSA) is 21.3 Å². The van der Waals surface area contributed by atoms with Crippen LogP contribution in [0, 0.1) is 0 Å². The minimum Gasteiger partial charge on any atom is -0.379 e. The molecule has 2 nitrogen and oxygen atoms in total. The minimum absolute atomic E-state index is 0.342. The van der Waals surface area contributed by atoms with Gasteiger partial charge in [0.15, 0.2) is 0 Å². The Kier molecular flexibility index (Phi) is 3.87. The van der Waals surface area contributed by atoms with Gasteiger partial charge in [0.2, 0.25) is 0 Å². The van der Waals surface area contributed by atoms with E-state index in [2.05, 4.69) is 5.32 Å². The summed E-state index contributed by atoms with van der Waals surface area (Å²) in [6.45, 7) is 2.44. The molecule has 15 heavy (non-hydrogen) atoms. The van der Waals surface area contributed by atoms with Crippen molar-refractivity contribution in [3.05, 3.63) is 33.8 Å². The first kappa shape index (κ1) is 11.2. The number of ether oxygens (including phenoxy) is 1. The lowest BCUT2D eigenvalue weighted by Gasteiger charge is -2.24. The fourth-order valence-corrected chi connectivity index (χ4v) is 2.11. The van der Waals surface area contributed by atoms with Gasteiger partial charge in [-0.1, -0.05) is 23.2 Å². The second-order valence-electron chi connectivity index (χ2n) is 3.67. The lowest BCUT2D eigenvalue weighted by molar-refractivity contribution is 0.0770. The lowest BCUT2D eigenvalue weighted by Crippen LogP contribution is -2.42. The van der Waals surface area contributed by atoms with Gasteiger partial charge in [0, 0.05) is 22.6 Å². The van der Waals surface area contributed by atoms with Crippen LogP contribution in [0.25, 0.3) is 0 Å². The summed E-state index contributed by atoms with van der Waals surface area (Å²) in [4.78, 5) is 0. The molecular formula is C11H13Cl2NO. The van der Waals surface area contributed by atoms with E-state index in [9.17, 15) is 0 Å². The maximum Gasteiger partial charge on any atom is 0.0623 e. The van der Waals surface area contributed by atoms with Crippen molar-refractivity contribution in [3.63, 3.8) is 0 Å². The molecule has 0 aliphatic carbocycles. The van der Waals surface area contributed by atoms with E-state index in [1.807, 2.05) is 12.1 Å². The van der Waals surface area contributed by atoms with Crippen LogP contribution in [0.2, 0.25) is 10.0 Å². The SMILES string of the molecule is Clc1ccc(Cl)c(C[C@H]2COCCN2)c1. The van der Waals surface area contributed by atoms with Crippen molar-refractivity contribution in [2.75, 3.05) is 19.8 Å². The Morgan fingerprint density at radius 2 is 2.27 bits per heavy atom. The second-order valence-corrected chi connectivity index (χ2v) is 4.51. The lowest BCUT2D eigenvalue weighted by atomic mass is 10.1. The standard InChI is InChI=1S/C11H13Cl2NO/c12-9-1-2-11(13)8(5-9)6-10-7-15-4-3-14-10/h1-2,5,10,14H,3-4,6-7H2/t10-/m0/s1. The predicted octanol–water partition coefficient (Wildman–Crippen LogP) is 2.52. The molecule has 1 atom stereocenters. The van der Waals surface area contributed by atoms with E-state index in [0.29, 0.717) is 6.04 Å². The first-order valence-corrected chi connectivity index (χ1v) is 5.76. The van der Waals surface area contributed by atoms with Crippen molar-refractivity contribution < 1.29 is 4.74 Å². The van der Waals surface area contributed by atoms with Crippen molar-refractivity contribution >= 4 is 23.2 Å². The van der Waals surface area contributed by atoms with E-state index >= 15 is 0 Å². The zero-order valence-electron chi connectivity index (χ0n) is 8.30. The zero-order chi connectivity index (χ0) is 10.7. The van der Waals surface area contributed by atoms with Gasteiger partial charge in [-0.25, -0.2) is 0 Å². The Morgan fingerprint density at radius 1 is 1.40 bits per heavy atom. The molecule has 0 spiro atoms.